The van der Waals surface area contributed by atoms with Gasteiger partial charge in [-0.15, -0.1) is 0 Å². The molecule has 2 atom stereocenters. The number of amides is 2. The van der Waals surface area contributed by atoms with Crippen LogP contribution in [0.4, 0.5) is 11.4 Å². The predicted molar refractivity (Wildman–Crippen MR) is 127 cm³/mol. The molecule has 0 saturated carbocycles. The van der Waals surface area contributed by atoms with Gasteiger partial charge in [-0.2, -0.15) is 0 Å². The first kappa shape index (κ1) is 21.6. The molecule has 164 valence electrons. The van der Waals surface area contributed by atoms with E-state index >= 15 is 0 Å². The Balaban J connectivity index is 1.76. The monoisotopic (exact) mass is 428 g/mol. The second-order valence-corrected chi connectivity index (χ2v) is 8.02. The van der Waals surface area contributed by atoms with Crippen LogP contribution in [0.25, 0.3) is 0 Å². The summed E-state index contributed by atoms with van der Waals surface area (Å²) in [6, 6.07) is 24.6. The minimum absolute atomic E-state index is 0.0564. The summed E-state index contributed by atoms with van der Waals surface area (Å²) in [5, 5.41) is 0. The molecule has 0 saturated heterocycles. The van der Waals surface area contributed by atoms with Crippen molar-refractivity contribution in [1.29, 1.82) is 0 Å². The number of nitrogens with zero attached hydrogens (tertiary/aromatic N) is 2. The van der Waals surface area contributed by atoms with E-state index in [-0.39, 0.29) is 23.9 Å². The lowest BCUT2D eigenvalue weighted by molar-refractivity contribution is -0.118. The molecular weight excluding hydrogens is 400 g/mol. The third-order valence-electron chi connectivity index (χ3n) is 6.03. The fraction of sp³-hybridized carbons (Fsp3) is 0.259. The van der Waals surface area contributed by atoms with Crippen LogP contribution in [0.1, 0.15) is 48.7 Å². The van der Waals surface area contributed by atoms with Crippen molar-refractivity contribution in [2.45, 2.75) is 38.8 Å². The topological polar surface area (TPSA) is 49.9 Å². The molecule has 3 aromatic rings. The molecule has 5 nitrogen and oxygen atoms in total. The molecule has 0 fully saturated rings. The molecule has 0 radical (unpaired) electrons. The van der Waals surface area contributed by atoms with E-state index in [2.05, 4.69) is 0 Å². The van der Waals surface area contributed by atoms with E-state index < -0.39 is 0 Å². The van der Waals surface area contributed by atoms with Crippen molar-refractivity contribution in [2.24, 2.45) is 0 Å². The van der Waals surface area contributed by atoms with Gasteiger partial charge in [0.1, 0.15) is 5.75 Å². The number of benzene rings is 3. The molecule has 0 aliphatic carbocycles. The predicted octanol–water partition coefficient (Wildman–Crippen LogP) is 5.62. The number of hydrogen-bond acceptors (Lipinski definition) is 3. The maximum absolute atomic E-state index is 13.5. The van der Waals surface area contributed by atoms with Crippen molar-refractivity contribution < 1.29 is 14.3 Å². The summed E-state index contributed by atoms with van der Waals surface area (Å²) >= 11 is 0. The minimum Gasteiger partial charge on any atom is -0.497 e. The fourth-order valence-corrected chi connectivity index (χ4v) is 4.47. The summed E-state index contributed by atoms with van der Waals surface area (Å²) in [5.74, 6) is 0.725. The molecule has 0 bridgehead atoms. The number of hydrogen-bond donors (Lipinski definition) is 0. The quantitative estimate of drug-likeness (QED) is 0.530. The van der Waals surface area contributed by atoms with Crippen molar-refractivity contribution in [1.82, 2.24) is 0 Å². The second-order valence-electron chi connectivity index (χ2n) is 8.02. The largest absolute Gasteiger partial charge is 0.497 e. The van der Waals surface area contributed by atoms with Crippen molar-refractivity contribution >= 4 is 23.2 Å². The average molecular weight is 429 g/mol. The fourth-order valence-electron chi connectivity index (χ4n) is 4.47. The molecule has 1 aliphatic rings. The molecule has 32 heavy (non-hydrogen) atoms. The van der Waals surface area contributed by atoms with Gasteiger partial charge in [-0.1, -0.05) is 43.3 Å². The lowest BCUT2D eigenvalue weighted by atomic mass is 9.89. The van der Waals surface area contributed by atoms with E-state index in [4.69, 9.17) is 4.74 Å². The van der Waals surface area contributed by atoms with Crippen molar-refractivity contribution in [3.05, 3.63) is 90.0 Å². The van der Waals surface area contributed by atoms with E-state index in [1.54, 1.807) is 31.4 Å². The van der Waals surface area contributed by atoms with Gasteiger partial charge in [0.15, 0.2) is 0 Å². The van der Waals surface area contributed by atoms with Gasteiger partial charge in [0.2, 0.25) is 5.91 Å². The zero-order valence-electron chi connectivity index (χ0n) is 18.7. The van der Waals surface area contributed by atoms with Crippen molar-refractivity contribution in [2.75, 3.05) is 16.9 Å². The Bertz CT molecular complexity index is 1100. The highest BCUT2D eigenvalue weighted by Gasteiger charge is 2.38. The maximum Gasteiger partial charge on any atom is 0.258 e. The van der Waals surface area contributed by atoms with E-state index in [9.17, 15) is 9.59 Å². The van der Waals surface area contributed by atoms with Crippen LogP contribution in [-0.4, -0.2) is 25.0 Å². The number of anilines is 2. The molecule has 1 heterocycles. The zero-order valence-corrected chi connectivity index (χ0v) is 18.7. The Hall–Kier alpha value is -3.60. The van der Waals surface area contributed by atoms with Gasteiger partial charge < -0.3 is 14.5 Å². The Morgan fingerprint density at radius 1 is 0.969 bits per heavy atom. The summed E-state index contributed by atoms with van der Waals surface area (Å²) in [6.07, 6.45) is 1.07. The first-order valence-electron chi connectivity index (χ1n) is 11.0. The average Bonchev–Trinajstić information content (AvgIpc) is 2.84. The van der Waals surface area contributed by atoms with Crippen LogP contribution in [0.15, 0.2) is 78.9 Å². The molecule has 0 aromatic heterocycles. The number of ether oxygens (including phenoxy) is 1. The molecule has 1 aliphatic heterocycles. The number of para-hydroxylation sites is 2. The number of carbonyl (C=O) groups is 2. The Kier molecular flexibility index (Phi) is 6.26. The summed E-state index contributed by atoms with van der Waals surface area (Å²) in [7, 11) is 1.61. The third-order valence-corrected chi connectivity index (χ3v) is 6.03. The number of carbonyl (C=O) groups excluding carboxylic acids is 2. The maximum atomic E-state index is 13.5. The van der Waals surface area contributed by atoms with Gasteiger partial charge in [-0.05, 0) is 61.4 Å². The van der Waals surface area contributed by atoms with E-state index in [0.717, 1.165) is 16.9 Å². The standard InChI is InChI=1S/C27H28N2O3/c1-4-26(30)29(21-10-6-5-7-11-21)25-18-19(2)28(24-13-9-8-12-23(24)25)27(31)20-14-16-22(32-3)17-15-20/h5-17,19,25H,4,18H2,1-3H3/t19-,25+/m1/s1. The van der Waals surface area contributed by atoms with E-state index in [1.165, 1.54) is 0 Å². The highest BCUT2D eigenvalue weighted by molar-refractivity contribution is 6.07. The Morgan fingerprint density at radius 2 is 1.62 bits per heavy atom. The first-order chi connectivity index (χ1) is 15.5. The van der Waals surface area contributed by atoms with Crippen LogP contribution in [0.5, 0.6) is 5.75 Å². The summed E-state index contributed by atoms with van der Waals surface area (Å²) in [6.45, 7) is 3.93. The second kappa shape index (κ2) is 9.27. The van der Waals surface area contributed by atoms with Gasteiger partial charge in [0, 0.05) is 29.4 Å². The van der Waals surface area contributed by atoms with Gasteiger partial charge in [-0.3, -0.25) is 9.59 Å². The van der Waals surface area contributed by atoms with Crippen LogP contribution in [0.3, 0.4) is 0 Å². The van der Waals surface area contributed by atoms with E-state index in [1.807, 2.05) is 78.2 Å². The molecule has 4 rings (SSSR count). The van der Waals surface area contributed by atoms with Crippen LogP contribution in [-0.2, 0) is 4.79 Å². The van der Waals surface area contributed by atoms with Crippen molar-refractivity contribution in [3.63, 3.8) is 0 Å². The van der Waals surface area contributed by atoms with Gasteiger partial charge in [0.05, 0.1) is 13.2 Å². The van der Waals surface area contributed by atoms with E-state index in [0.29, 0.717) is 24.2 Å². The lowest BCUT2D eigenvalue weighted by Gasteiger charge is -2.43. The normalized spacial score (nSPS) is 17.4. The molecule has 0 N–H and O–H groups in total. The summed E-state index contributed by atoms with van der Waals surface area (Å²) in [5.41, 5.74) is 3.32. The lowest BCUT2D eigenvalue weighted by Crippen LogP contribution is -2.47. The third kappa shape index (κ3) is 3.98. The SMILES string of the molecule is CCC(=O)N(c1ccccc1)[C@H]1C[C@@H](C)N(C(=O)c2ccc(OC)cc2)c2ccccc21. The number of rotatable bonds is 5. The highest BCUT2D eigenvalue weighted by atomic mass is 16.5. The molecule has 2 amide bonds. The summed E-state index contributed by atoms with van der Waals surface area (Å²) in [4.78, 5) is 30.3. The number of methoxy groups -OCH3 is 1. The van der Waals surface area contributed by atoms with Crippen LogP contribution in [0.2, 0.25) is 0 Å². The smallest absolute Gasteiger partial charge is 0.258 e. The van der Waals surface area contributed by atoms with Gasteiger partial charge in [0.25, 0.3) is 5.91 Å². The molecule has 0 unspecified atom stereocenters. The highest BCUT2D eigenvalue weighted by Crippen LogP contribution is 2.42. The Labute approximate surface area is 189 Å². The zero-order chi connectivity index (χ0) is 22.7. The van der Waals surface area contributed by atoms with Crippen LogP contribution >= 0.6 is 0 Å². The summed E-state index contributed by atoms with van der Waals surface area (Å²) < 4.78 is 5.22. The number of fused-ring (bicyclic) bond motifs is 1. The molecule has 5 heteroatoms. The minimum atomic E-state index is -0.143. The molecule has 3 aromatic carbocycles. The van der Waals surface area contributed by atoms with Crippen LogP contribution < -0.4 is 14.5 Å². The van der Waals surface area contributed by atoms with Crippen LogP contribution in [0, 0.1) is 0 Å². The van der Waals surface area contributed by atoms with Gasteiger partial charge >= 0.3 is 0 Å². The molecule has 0 spiro atoms. The molecular formula is C27H28N2O3. The van der Waals surface area contributed by atoms with Crippen molar-refractivity contribution in [3.8, 4) is 5.75 Å². The Morgan fingerprint density at radius 3 is 2.28 bits per heavy atom. The van der Waals surface area contributed by atoms with Gasteiger partial charge in [-0.25, -0.2) is 0 Å². The first-order valence-corrected chi connectivity index (χ1v) is 11.0.